The van der Waals surface area contributed by atoms with Gasteiger partial charge in [0.25, 0.3) is 5.91 Å². The molecule has 0 saturated heterocycles. The van der Waals surface area contributed by atoms with E-state index in [1.54, 1.807) is 0 Å². The summed E-state index contributed by atoms with van der Waals surface area (Å²) in [6, 6.07) is 5.43. The second-order valence-corrected chi connectivity index (χ2v) is 5.23. The van der Waals surface area contributed by atoms with Crippen LogP contribution in [-0.4, -0.2) is 25.6 Å². The molecule has 6 nitrogen and oxygen atoms in total. The largest absolute Gasteiger partial charge is 0.496 e. The summed E-state index contributed by atoms with van der Waals surface area (Å²) in [5.74, 6) is -3.63. The van der Waals surface area contributed by atoms with E-state index in [0.717, 1.165) is 12.1 Å². The van der Waals surface area contributed by atoms with Gasteiger partial charge in [0.1, 0.15) is 11.3 Å². The number of amides is 1. The fourth-order valence-electron chi connectivity index (χ4n) is 1.88. The van der Waals surface area contributed by atoms with Crippen LogP contribution in [0.25, 0.3) is 0 Å². The highest BCUT2D eigenvalue weighted by Crippen LogP contribution is 2.29. The van der Waals surface area contributed by atoms with E-state index >= 15 is 0 Å². The fraction of sp³-hybridized carbons (Fsp3) is 0.125. The molecule has 0 aromatic heterocycles. The van der Waals surface area contributed by atoms with E-state index in [-0.39, 0.29) is 27.7 Å². The first-order valence-corrected chi connectivity index (χ1v) is 7.24. The normalized spacial score (nSPS) is 10.2. The van der Waals surface area contributed by atoms with Gasteiger partial charge in [-0.15, -0.1) is 0 Å². The maximum atomic E-state index is 13.1. The molecule has 0 spiro atoms. The van der Waals surface area contributed by atoms with Gasteiger partial charge in [-0.05, 0) is 18.2 Å². The smallest absolute Gasteiger partial charge is 0.342 e. The maximum absolute atomic E-state index is 13.1. The first kappa shape index (κ1) is 18.5. The SMILES string of the molecule is COc1cc(N)c(Cl)cc1C(=O)OCC(=O)Nc1ccc(F)c(F)c1. The van der Waals surface area contributed by atoms with Crippen LogP contribution in [0.4, 0.5) is 20.2 Å². The number of nitrogens with one attached hydrogen (secondary N) is 1. The van der Waals surface area contributed by atoms with Crippen LogP contribution in [0.2, 0.25) is 5.02 Å². The molecule has 3 N–H and O–H groups in total. The number of ether oxygens (including phenoxy) is 2. The molecule has 0 aliphatic rings. The van der Waals surface area contributed by atoms with Gasteiger partial charge in [-0.2, -0.15) is 0 Å². The molecule has 0 aliphatic carbocycles. The Morgan fingerprint density at radius 3 is 2.56 bits per heavy atom. The lowest BCUT2D eigenvalue weighted by atomic mass is 10.2. The standard InChI is InChI=1S/C16H13ClF2N2O4/c1-24-14-6-13(20)10(17)5-9(14)16(23)25-7-15(22)21-8-2-3-11(18)12(19)4-8/h2-6H,7,20H2,1H3,(H,21,22). The predicted octanol–water partition coefficient (Wildman–Crippen LogP) is 3.00. The van der Waals surface area contributed by atoms with E-state index in [0.29, 0.717) is 0 Å². The van der Waals surface area contributed by atoms with E-state index in [9.17, 15) is 18.4 Å². The summed E-state index contributed by atoms with van der Waals surface area (Å²) >= 11 is 5.85. The summed E-state index contributed by atoms with van der Waals surface area (Å²) in [4.78, 5) is 23.8. The molecule has 0 unspecified atom stereocenters. The zero-order valence-electron chi connectivity index (χ0n) is 12.9. The monoisotopic (exact) mass is 370 g/mol. The molecule has 0 fully saturated rings. The van der Waals surface area contributed by atoms with E-state index in [1.165, 1.54) is 25.3 Å². The van der Waals surface area contributed by atoms with Crippen LogP contribution in [0, 0.1) is 11.6 Å². The molecule has 0 heterocycles. The molecule has 0 radical (unpaired) electrons. The van der Waals surface area contributed by atoms with Gasteiger partial charge in [-0.1, -0.05) is 11.6 Å². The van der Waals surface area contributed by atoms with Crippen molar-refractivity contribution in [1.29, 1.82) is 0 Å². The lowest BCUT2D eigenvalue weighted by Gasteiger charge is -2.11. The van der Waals surface area contributed by atoms with Crippen molar-refractivity contribution in [3.8, 4) is 5.75 Å². The highest BCUT2D eigenvalue weighted by atomic mass is 35.5. The van der Waals surface area contributed by atoms with Crippen molar-refractivity contribution in [3.05, 3.63) is 52.6 Å². The summed E-state index contributed by atoms with van der Waals surface area (Å²) in [7, 11) is 1.33. The molecular formula is C16H13ClF2N2O4. The molecule has 2 aromatic carbocycles. The summed E-state index contributed by atoms with van der Waals surface area (Å²) in [5.41, 5.74) is 5.83. The number of nitrogen functional groups attached to an aromatic ring is 1. The van der Waals surface area contributed by atoms with Crippen molar-refractivity contribution in [2.75, 3.05) is 24.8 Å². The van der Waals surface area contributed by atoms with Crippen molar-refractivity contribution in [2.24, 2.45) is 0 Å². The van der Waals surface area contributed by atoms with Gasteiger partial charge in [0, 0.05) is 17.8 Å². The van der Waals surface area contributed by atoms with Crippen LogP contribution in [0.15, 0.2) is 30.3 Å². The fourth-order valence-corrected chi connectivity index (χ4v) is 2.04. The molecular weight excluding hydrogens is 358 g/mol. The minimum Gasteiger partial charge on any atom is -0.496 e. The number of carbonyl (C=O) groups is 2. The minimum atomic E-state index is -1.11. The second-order valence-electron chi connectivity index (χ2n) is 4.83. The molecule has 0 aliphatic heterocycles. The third kappa shape index (κ3) is 4.57. The van der Waals surface area contributed by atoms with Gasteiger partial charge in [-0.25, -0.2) is 13.6 Å². The van der Waals surface area contributed by atoms with Gasteiger partial charge in [-0.3, -0.25) is 4.79 Å². The molecule has 1 amide bonds. The molecule has 0 atom stereocenters. The van der Waals surface area contributed by atoms with Gasteiger partial charge in [0.15, 0.2) is 18.2 Å². The van der Waals surface area contributed by atoms with Crippen LogP contribution >= 0.6 is 11.6 Å². The van der Waals surface area contributed by atoms with Gasteiger partial charge < -0.3 is 20.5 Å². The maximum Gasteiger partial charge on any atom is 0.342 e. The Labute approximate surface area is 146 Å². The van der Waals surface area contributed by atoms with E-state index < -0.39 is 30.1 Å². The Balaban J connectivity index is 2.01. The number of benzene rings is 2. The summed E-state index contributed by atoms with van der Waals surface area (Å²) in [6.07, 6.45) is 0. The average Bonchev–Trinajstić information content (AvgIpc) is 2.58. The van der Waals surface area contributed by atoms with E-state index in [2.05, 4.69) is 5.32 Å². The summed E-state index contributed by atoms with van der Waals surface area (Å²) in [6.45, 7) is -0.650. The first-order valence-electron chi connectivity index (χ1n) is 6.87. The van der Waals surface area contributed by atoms with Crippen molar-refractivity contribution >= 4 is 34.9 Å². The Kier molecular flexibility index (Phi) is 5.76. The summed E-state index contributed by atoms with van der Waals surface area (Å²) in [5, 5.41) is 2.39. The molecule has 2 rings (SSSR count). The Morgan fingerprint density at radius 1 is 1.20 bits per heavy atom. The topological polar surface area (TPSA) is 90.7 Å². The van der Waals surface area contributed by atoms with Crippen molar-refractivity contribution in [2.45, 2.75) is 0 Å². The van der Waals surface area contributed by atoms with Crippen LogP contribution in [-0.2, 0) is 9.53 Å². The van der Waals surface area contributed by atoms with Crippen LogP contribution in [0.5, 0.6) is 5.75 Å². The van der Waals surface area contributed by atoms with Crippen molar-refractivity contribution in [1.82, 2.24) is 0 Å². The third-order valence-electron chi connectivity index (χ3n) is 3.08. The number of hydrogen-bond donors (Lipinski definition) is 2. The van der Waals surface area contributed by atoms with Crippen molar-refractivity contribution in [3.63, 3.8) is 0 Å². The molecule has 25 heavy (non-hydrogen) atoms. The highest BCUT2D eigenvalue weighted by molar-refractivity contribution is 6.33. The van der Waals surface area contributed by atoms with Crippen LogP contribution in [0.1, 0.15) is 10.4 Å². The quantitative estimate of drug-likeness (QED) is 0.623. The Bertz CT molecular complexity index is 830. The lowest BCUT2D eigenvalue weighted by Crippen LogP contribution is -2.21. The molecule has 0 saturated carbocycles. The third-order valence-corrected chi connectivity index (χ3v) is 3.40. The number of methoxy groups -OCH3 is 1. The number of halogens is 3. The number of nitrogens with two attached hydrogens (primary N) is 1. The second kappa shape index (κ2) is 7.80. The number of carbonyl (C=O) groups excluding carboxylic acids is 2. The molecule has 9 heteroatoms. The van der Waals surface area contributed by atoms with Gasteiger partial charge in [0.2, 0.25) is 0 Å². The van der Waals surface area contributed by atoms with Gasteiger partial charge >= 0.3 is 5.97 Å². The minimum absolute atomic E-state index is 0.0117. The molecule has 0 bridgehead atoms. The Hall–Kier alpha value is -2.87. The van der Waals surface area contributed by atoms with E-state index in [4.69, 9.17) is 26.8 Å². The zero-order chi connectivity index (χ0) is 18.6. The van der Waals surface area contributed by atoms with Crippen molar-refractivity contribution < 1.29 is 27.8 Å². The number of rotatable bonds is 5. The predicted molar refractivity (Wildman–Crippen MR) is 87.7 cm³/mol. The van der Waals surface area contributed by atoms with E-state index in [1.807, 2.05) is 0 Å². The van der Waals surface area contributed by atoms with Crippen LogP contribution < -0.4 is 15.8 Å². The first-order chi connectivity index (χ1) is 11.8. The highest BCUT2D eigenvalue weighted by Gasteiger charge is 2.18. The Morgan fingerprint density at radius 2 is 1.92 bits per heavy atom. The number of hydrogen-bond acceptors (Lipinski definition) is 5. The number of esters is 1. The average molecular weight is 371 g/mol. The lowest BCUT2D eigenvalue weighted by molar-refractivity contribution is -0.119. The van der Waals surface area contributed by atoms with Crippen LogP contribution in [0.3, 0.4) is 0 Å². The number of anilines is 2. The summed E-state index contributed by atoms with van der Waals surface area (Å²) < 4.78 is 35.8. The molecule has 132 valence electrons. The molecule has 2 aromatic rings. The zero-order valence-corrected chi connectivity index (χ0v) is 13.7. The van der Waals surface area contributed by atoms with Gasteiger partial charge in [0.05, 0.1) is 17.8 Å².